The topological polar surface area (TPSA) is 97.9 Å². The summed E-state index contributed by atoms with van der Waals surface area (Å²) in [4.78, 5) is 34.1. The van der Waals surface area contributed by atoms with Crippen LogP contribution >= 0.6 is 11.3 Å². The maximum Gasteiger partial charge on any atom is 0.410 e. The molecule has 0 spiro atoms. The molecule has 11 heteroatoms. The number of nitrogens with zero attached hydrogens (tertiary/aromatic N) is 7. The first kappa shape index (κ1) is 22.3. The second-order valence-corrected chi connectivity index (χ2v) is 10.5. The van der Waals surface area contributed by atoms with Gasteiger partial charge in [-0.15, -0.1) is 0 Å². The highest BCUT2D eigenvalue weighted by atomic mass is 32.1. The minimum absolute atomic E-state index is 0.226. The molecule has 1 aliphatic rings. The normalized spacial score (nSPS) is 14.9. The number of hydrogen-bond donors (Lipinski definition) is 0. The Bertz CT molecular complexity index is 1460. The summed E-state index contributed by atoms with van der Waals surface area (Å²) < 4.78 is 8.61. The first-order valence-electron chi connectivity index (χ1n) is 11.2. The molecule has 3 aromatic heterocycles. The Morgan fingerprint density at radius 3 is 2.53 bits per heavy atom. The zero-order valence-electron chi connectivity index (χ0n) is 19.9. The van der Waals surface area contributed by atoms with Gasteiger partial charge in [0, 0.05) is 56.4 Å². The molecule has 1 aromatic carbocycles. The van der Waals surface area contributed by atoms with Crippen molar-refractivity contribution in [1.82, 2.24) is 29.3 Å². The molecule has 5 rings (SSSR count). The molecule has 10 nitrogen and oxygen atoms in total. The number of carbonyl (C=O) groups is 1. The summed E-state index contributed by atoms with van der Waals surface area (Å²) in [5.74, 6) is 0.600. The summed E-state index contributed by atoms with van der Waals surface area (Å²) in [6, 6.07) is 5.58. The standard InChI is InChI=1S/C23H27N7O3S/c1-14-10-15(11-16-13-27(5)25-19(14)16)20-26-30-18(31)12-17(24-21(30)34-20)28-6-8-29(9-7-28)22(32)33-23(2,3)4/h10-13H,6-9H2,1-5H3. The number of aryl methyl sites for hydroxylation is 2. The van der Waals surface area contributed by atoms with Crippen molar-refractivity contribution in [1.29, 1.82) is 0 Å². The summed E-state index contributed by atoms with van der Waals surface area (Å²) in [5, 5.41) is 10.8. The van der Waals surface area contributed by atoms with E-state index < -0.39 is 5.60 Å². The molecule has 0 aliphatic carbocycles. The van der Waals surface area contributed by atoms with E-state index in [0.29, 0.717) is 37.0 Å². The zero-order valence-corrected chi connectivity index (χ0v) is 20.7. The number of anilines is 1. The molecule has 0 N–H and O–H groups in total. The van der Waals surface area contributed by atoms with E-state index in [2.05, 4.69) is 10.2 Å². The van der Waals surface area contributed by atoms with E-state index in [1.54, 1.807) is 9.58 Å². The molecule has 0 radical (unpaired) electrons. The quantitative estimate of drug-likeness (QED) is 0.434. The fourth-order valence-corrected chi connectivity index (χ4v) is 4.96. The van der Waals surface area contributed by atoms with Crippen LogP contribution in [-0.2, 0) is 11.8 Å². The third kappa shape index (κ3) is 4.23. The van der Waals surface area contributed by atoms with Gasteiger partial charge < -0.3 is 14.5 Å². The van der Waals surface area contributed by atoms with Crippen LogP contribution in [0.3, 0.4) is 0 Å². The van der Waals surface area contributed by atoms with Crippen LogP contribution < -0.4 is 10.5 Å². The van der Waals surface area contributed by atoms with Gasteiger partial charge in [-0.25, -0.2) is 9.78 Å². The van der Waals surface area contributed by atoms with Crippen LogP contribution in [0.5, 0.6) is 0 Å². The lowest BCUT2D eigenvalue weighted by molar-refractivity contribution is 0.0240. The number of piperazine rings is 1. The van der Waals surface area contributed by atoms with Gasteiger partial charge in [0.1, 0.15) is 16.4 Å². The Morgan fingerprint density at radius 1 is 1.09 bits per heavy atom. The highest BCUT2D eigenvalue weighted by Gasteiger charge is 2.27. The maximum absolute atomic E-state index is 12.8. The van der Waals surface area contributed by atoms with Gasteiger partial charge in [-0.3, -0.25) is 9.48 Å². The van der Waals surface area contributed by atoms with Crippen molar-refractivity contribution >= 4 is 39.1 Å². The summed E-state index contributed by atoms with van der Waals surface area (Å²) in [6.07, 6.45) is 1.65. The van der Waals surface area contributed by atoms with Crippen molar-refractivity contribution in [3.8, 4) is 10.6 Å². The molecular weight excluding hydrogens is 454 g/mol. The highest BCUT2D eigenvalue weighted by molar-refractivity contribution is 7.19. The number of fused-ring (bicyclic) bond motifs is 2. The Hall–Kier alpha value is -3.47. The number of hydrogen-bond acceptors (Lipinski definition) is 8. The van der Waals surface area contributed by atoms with Gasteiger partial charge in [0.25, 0.3) is 5.56 Å². The average Bonchev–Trinajstić information content (AvgIpc) is 3.36. The van der Waals surface area contributed by atoms with Crippen molar-refractivity contribution in [2.75, 3.05) is 31.1 Å². The van der Waals surface area contributed by atoms with Crippen molar-refractivity contribution in [2.24, 2.45) is 7.05 Å². The molecule has 0 saturated carbocycles. The second-order valence-electron chi connectivity index (χ2n) is 9.54. The summed E-state index contributed by atoms with van der Waals surface area (Å²) in [6.45, 7) is 9.75. The maximum atomic E-state index is 12.8. The predicted molar refractivity (Wildman–Crippen MR) is 132 cm³/mol. The first-order valence-corrected chi connectivity index (χ1v) is 12.0. The van der Waals surface area contributed by atoms with Crippen molar-refractivity contribution in [2.45, 2.75) is 33.3 Å². The fraction of sp³-hybridized carbons (Fsp3) is 0.435. The van der Waals surface area contributed by atoms with E-state index in [1.165, 1.54) is 21.9 Å². The number of amides is 1. The van der Waals surface area contributed by atoms with Crippen LogP contribution in [0.4, 0.5) is 10.6 Å². The van der Waals surface area contributed by atoms with Crippen LogP contribution in [0.1, 0.15) is 26.3 Å². The van der Waals surface area contributed by atoms with Crippen LogP contribution in [-0.4, -0.2) is 67.2 Å². The monoisotopic (exact) mass is 481 g/mol. The molecule has 1 aliphatic heterocycles. The van der Waals surface area contributed by atoms with Crippen LogP contribution in [0, 0.1) is 6.92 Å². The number of aromatic nitrogens is 5. The van der Waals surface area contributed by atoms with E-state index in [0.717, 1.165) is 27.0 Å². The first-order chi connectivity index (χ1) is 16.1. The van der Waals surface area contributed by atoms with Gasteiger partial charge in [-0.05, 0) is 45.4 Å². The molecular formula is C23H27N7O3S. The Morgan fingerprint density at radius 2 is 1.82 bits per heavy atom. The predicted octanol–water partition coefficient (Wildman–Crippen LogP) is 3.07. The summed E-state index contributed by atoms with van der Waals surface area (Å²) in [5.41, 5.74) is 2.18. The molecule has 4 aromatic rings. The molecule has 178 valence electrons. The Labute approximate surface area is 200 Å². The van der Waals surface area contributed by atoms with Gasteiger partial charge in [-0.1, -0.05) is 11.3 Å². The van der Waals surface area contributed by atoms with Gasteiger partial charge in [0.15, 0.2) is 0 Å². The van der Waals surface area contributed by atoms with Crippen molar-refractivity contribution in [3.05, 3.63) is 40.3 Å². The van der Waals surface area contributed by atoms with Gasteiger partial charge >= 0.3 is 6.09 Å². The third-order valence-electron chi connectivity index (χ3n) is 5.65. The van der Waals surface area contributed by atoms with Crippen LogP contribution in [0.2, 0.25) is 0 Å². The minimum atomic E-state index is -0.528. The fourth-order valence-electron chi connectivity index (χ4n) is 4.08. The van der Waals surface area contributed by atoms with Crippen molar-refractivity contribution < 1.29 is 9.53 Å². The van der Waals surface area contributed by atoms with E-state index >= 15 is 0 Å². The Balaban J connectivity index is 1.39. The SMILES string of the molecule is Cc1cc(-c2nn3c(=O)cc(N4CCN(C(=O)OC(C)(C)C)CC4)nc3s2)cc2cn(C)nc12. The molecule has 1 saturated heterocycles. The number of benzene rings is 1. The minimum Gasteiger partial charge on any atom is -0.444 e. The lowest BCUT2D eigenvalue weighted by Crippen LogP contribution is -2.50. The largest absolute Gasteiger partial charge is 0.444 e. The molecule has 4 heterocycles. The molecule has 1 fully saturated rings. The van der Waals surface area contributed by atoms with E-state index in [9.17, 15) is 9.59 Å². The smallest absolute Gasteiger partial charge is 0.410 e. The van der Waals surface area contributed by atoms with Gasteiger partial charge in [0.2, 0.25) is 4.96 Å². The molecule has 0 unspecified atom stereocenters. The van der Waals surface area contributed by atoms with Crippen molar-refractivity contribution in [3.63, 3.8) is 0 Å². The van der Waals surface area contributed by atoms with E-state index in [1.807, 2.05) is 58.0 Å². The highest BCUT2D eigenvalue weighted by Crippen LogP contribution is 2.30. The molecule has 0 atom stereocenters. The number of ether oxygens (including phenoxy) is 1. The van der Waals surface area contributed by atoms with E-state index in [-0.39, 0.29) is 11.7 Å². The number of rotatable bonds is 2. The van der Waals surface area contributed by atoms with Crippen LogP contribution in [0.25, 0.3) is 26.4 Å². The second kappa shape index (κ2) is 8.08. The Kier molecular flexibility index (Phi) is 5.31. The zero-order chi connectivity index (χ0) is 24.2. The number of carbonyl (C=O) groups excluding carboxylic acids is 1. The molecule has 1 amide bonds. The van der Waals surface area contributed by atoms with Gasteiger partial charge in [-0.2, -0.15) is 14.7 Å². The van der Waals surface area contributed by atoms with Gasteiger partial charge in [0.05, 0.1) is 5.52 Å². The van der Waals surface area contributed by atoms with Crippen LogP contribution in [0.15, 0.2) is 29.2 Å². The third-order valence-corrected chi connectivity index (χ3v) is 6.60. The lowest BCUT2D eigenvalue weighted by atomic mass is 10.1. The molecule has 0 bridgehead atoms. The summed E-state index contributed by atoms with van der Waals surface area (Å²) in [7, 11) is 1.90. The van der Waals surface area contributed by atoms with E-state index in [4.69, 9.17) is 9.72 Å². The lowest BCUT2D eigenvalue weighted by Gasteiger charge is -2.36. The average molecular weight is 482 g/mol. The summed E-state index contributed by atoms with van der Waals surface area (Å²) >= 11 is 1.38. The molecule has 34 heavy (non-hydrogen) atoms.